The van der Waals surface area contributed by atoms with Crippen LogP contribution >= 0.6 is 0 Å². The second kappa shape index (κ2) is 7.25. The Kier molecular flexibility index (Phi) is 5.31. The van der Waals surface area contributed by atoms with E-state index in [1.165, 1.54) is 38.5 Å². The molecule has 1 aromatic rings. The van der Waals surface area contributed by atoms with Crippen molar-refractivity contribution in [2.24, 2.45) is 10.9 Å². The molecule has 132 valence electrons. The molecule has 2 atom stereocenters. The van der Waals surface area contributed by atoms with E-state index in [4.69, 9.17) is 9.47 Å². The number of nitro groups is 1. The van der Waals surface area contributed by atoms with Crippen LogP contribution in [0.1, 0.15) is 25.3 Å². The number of nitrogens with zero attached hydrogens (tertiary/aromatic N) is 2. The van der Waals surface area contributed by atoms with Crippen LogP contribution < -0.4 is 0 Å². The van der Waals surface area contributed by atoms with Crippen molar-refractivity contribution < 1.29 is 24.0 Å². The van der Waals surface area contributed by atoms with Crippen LogP contribution in [0.4, 0.5) is 5.69 Å². The molecule has 0 N–H and O–H groups in total. The summed E-state index contributed by atoms with van der Waals surface area (Å²) in [5.41, 5.74) is 1.65. The van der Waals surface area contributed by atoms with Gasteiger partial charge in [-0.1, -0.05) is 12.1 Å². The lowest BCUT2D eigenvalue weighted by atomic mass is 9.75. The van der Waals surface area contributed by atoms with Gasteiger partial charge in [0.15, 0.2) is 0 Å². The van der Waals surface area contributed by atoms with Crippen molar-refractivity contribution >= 4 is 23.3 Å². The Labute approximate surface area is 144 Å². The molecule has 8 heteroatoms. The van der Waals surface area contributed by atoms with Crippen molar-refractivity contribution in [2.45, 2.75) is 19.8 Å². The van der Waals surface area contributed by atoms with E-state index in [-0.39, 0.29) is 11.3 Å². The molecule has 0 bridgehead atoms. The molecule has 1 aliphatic heterocycles. The molecule has 1 heterocycles. The number of aliphatic imine (C=N–C) groups is 1. The summed E-state index contributed by atoms with van der Waals surface area (Å²) in [6.07, 6.45) is 0. The van der Waals surface area contributed by atoms with E-state index in [0.29, 0.717) is 17.0 Å². The molecule has 25 heavy (non-hydrogen) atoms. The molecule has 8 nitrogen and oxygen atoms in total. The summed E-state index contributed by atoms with van der Waals surface area (Å²) in [5.74, 6) is -2.66. The van der Waals surface area contributed by atoms with Crippen LogP contribution in [0.3, 0.4) is 0 Å². The summed E-state index contributed by atoms with van der Waals surface area (Å²) in [7, 11) is 2.50. The van der Waals surface area contributed by atoms with Gasteiger partial charge in [-0.2, -0.15) is 0 Å². The standard InChI is InChI=1S/C17H18N2O6/c1-9-13(16(20)24-3)15(14(10(2)18-9)17(21)25-4)11-5-7-12(8-6-11)19(22)23/h5-8,13,15H,1-4H3/t13?,15-/m0/s1. The number of non-ortho nitro benzene ring substituents is 1. The fourth-order valence-corrected chi connectivity index (χ4v) is 3.01. The molecule has 0 saturated heterocycles. The molecule has 0 aliphatic carbocycles. The van der Waals surface area contributed by atoms with Crippen LogP contribution in [0, 0.1) is 16.0 Å². The second-order valence-corrected chi connectivity index (χ2v) is 5.57. The molecule has 0 radical (unpaired) electrons. The van der Waals surface area contributed by atoms with Gasteiger partial charge in [0.05, 0.1) is 24.7 Å². The molecule has 0 fully saturated rings. The first-order valence-corrected chi connectivity index (χ1v) is 7.48. The van der Waals surface area contributed by atoms with Gasteiger partial charge in [0.25, 0.3) is 5.69 Å². The van der Waals surface area contributed by atoms with Gasteiger partial charge in [0.2, 0.25) is 0 Å². The van der Waals surface area contributed by atoms with E-state index in [1.54, 1.807) is 13.8 Å². The van der Waals surface area contributed by atoms with Crippen molar-refractivity contribution in [3.63, 3.8) is 0 Å². The van der Waals surface area contributed by atoms with E-state index in [1.807, 2.05) is 0 Å². The number of hydrogen-bond donors (Lipinski definition) is 0. The normalized spacial score (nSPS) is 19.9. The van der Waals surface area contributed by atoms with Crippen molar-refractivity contribution in [3.05, 3.63) is 51.2 Å². The van der Waals surface area contributed by atoms with Gasteiger partial charge in [-0.15, -0.1) is 0 Å². The van der Waals surface area contributed by atoms with Crippen LogP contribution in [0.5, 0.6) is 0 Å². The molecule has 1 aromatic carbocycles. The smallest absolute Gasteiger partial charge is 0.336 e. The molecule has 1 unspecified atom stereocenters. The zero-order chi connectivity index (χ0) is 18.7. The summed E-state index contributed by atoms with van der Waals surface area (Å²) in [4.78, 5) is 39.2. The van der Waals surface area contributed by atoms with E-state index < -0.39 is 28.7 Å². The number of nitro benzene ring substituents is 1. The number of carbonyl (C=O) groups excluding carboxylic acids is 2. The van der Waals surface area contributed by atoms with Crippen LogP contribution in [0.15, 0.2) is 40.5 Å². The average molecular weight is 346 g/mol. The maximum absolute atomic E-state index is 12.3. The topological polar surface area (TPSA) is 108 Å². The van der Waals surface area contributed by atoms with Crippen LogP contribution in [-0.4, -0.2) is 36.8 Å². The van der Waals surface area contributed by atoms with Gasteiger partial charge in [0, 0.05) is 29.5 Å². The van der Waals surface area contributed by atoms with E-state index in [9.17, 15) is 19.7 Å². The van der Waals surface area contributed by atoms with E-state index in [0.717, 1.165) is 0 Å². The molecule has 0 saturated carbocycles. The van der Waals surface area contributed by atoms with Gasteiger partial charge in [0.1, 0.15) is 5.92 Å². The minimum atomic E-state index is -0.816. The van der Waals surface area contributed by atoms with Crippen LogP contribution in [0.2, 0.25) is 0 Å². The van der Waals surface area contributed by atoms with E-state index in [2.05, 4.69) is 4.99 Å². The molecule has 0 aromatic heterocycles. The lowest BCUT2D eigenvalue weighted by molar-refractivity contribution is -0.384. The number of hydrogen-bond acceptors (Lipinski definition) is 7. The number of ether oxygens (including phenoxy) is 2. The Balaban J connectivity index is 2.63. The predicted molar refractivity (Wildman–Crippen MR) is 89.2 cm³/mol. The summed E-state index contributed by atoms with van der Waals surface area (Å²) < 4.78 is 9.71. The Bertz CT molecular complexity index is 779. The number of methoxy groups -OCH3 is 2. The molecular weight excluding hydrogens is 328 g/mol. The molecule has 0 amide bonds. The molecule has 2 rings (SSSR count). The molecular formula is C17H18N2O6. The molecule has 1 aliphatic rings. The SMILES string of the molecule is COC(=O)C1=C(C)N=C(C)C(C(=O)OC)[C@@H]1c1ccc([N+](=O)[O-])cc1. The highest BCUT2D eigenvalue weighted by atomic mass is 16.6. The zero-order valence-electron chi connectivity index (χ0n) is 14.3. The predicted octanol–water partition coefficient (Wildman–Crippen LogP) is 2.39. The van der Waals surface area contributed by atoms with Crippen LogP contribution in [-0.2, 0) is 19.1 Å². The summed E-state index contributed by atoms with van der Waals surface area (Å²) in [5, 5.41) is 10.9. The minimum Gasteiger partial charge on any atom is -0.468 e. The minimum absolute atomic E-state index is 0.0834. The first-order chi connectivity index (χ1) is 11.8. The maximum atomic E-state index is 12.3. The third kappa shape index (κ3) is 3.42. The van der Waals surface area contributed by atoms with Gasteiger partial charge in [-0.25, -0.2) is 4.79 Å². The lowest BCUT2D eigenvalue weighted by Gasteiger charge is -2.31. The summed E-state index contributed by atoms with van der Waals surface area (Å²) in [6, 6.07) is 5.70. The fourth-order valence-electron chi connectivity index (χ4n) is 3.01. The van der Waals surface area contributed by atoms with Gasteiger partial charge >= 0.3 is 11.9 Å². The summed E-state index contributed by atoms with van der Waals surface area (Å²) >= 11 is 0. The highest BCUT2D eigenvalue weighted by molar-refractivity contribution is 6.06. The third-order valence-electron chi connectivity index (χ3n) is 4.15. The summed E-state index contributed by atoms with van der Waals surface area (Å²) in [6.45, 7) is 3.33. The monoisotopic (exact) mass is 346 g/mol. The van der Waals surface area contributed by atoms with Crippen molar-refractivity contribution in [3.8, 4) is 0 Å². The maximum Gasteiger partial charge on any atom is 0.336 e. The lowest BCUT2D eigenvalue weighted by Crippen LogP contribution is -2.36. The third-order valence-corrected chi connectivity index (χ3v) is 4.15. The first kappa shape index (κ1) is 18.3. The van der Waals surface area contributed by atoms with E-state index >= 15 is 0 Å². The second-order valence-electron chi connectivity index (χ2n) is 5.57. The van der Waals surface area contributed by atoms with Gasteiger partial charge < -0.3 is 9.47 Å². The number of rotatable bonds is 4. The number of carbonyl (C=O) groups is 2. The number of esters is 2. The molecule has 0 spiro atoms. The zero-order valence-corrected chi connectivity index (χ0v) is 14.3. The fraction of sp³-hybridized carbons (Fsp3) is 0.353. The Hall–Kier alpha value is -3.03. The number of benzene rings is 1. The largest absolute Gasteiger partial charge is 0.468 e. The van der Waals surface area contributed by atoms with Crippen LogP contribution in [0.25, 0.3) is 0 Å². The van der Waals surface area contributed by atoms with Crippen molar-refractivity contribution in [1.29, 1.82) is 0 Å². The van der Waals surface area contributed by atoms with Gasteiger partial charge in [-0.05, 0) is 19.4 Å². The number of allylic oxidation sites excluding steroid dienone is 1. The Morgan fingerprint density at radius 1 is 1.12 bits per heavy atom. The van der Waals surface area contributed by atoms with Gasteiger partial charge in [-0.3, -0.25) is 19.9 Å². The van der Waals surface area contributed by atoms with Crippen molar-refractivity contribution in [2.75, 3.05) is 14.2 Å². The quantitative estimate of drug-likeness (QED) is 0.470. The highest BCUT2D eigenvalue weighted by Crippen LogP contribution is 2.40. The van der Waals surface area contributed by atoms with Crippen molar-refractivity contribution in [1.82, 2.24) is 0 Å². The first-order valence-electron chi connectivity index (χ1n) is 7.48. The highest BCUT2D eigenvalue weighted by Gasteiger charge is 2.42. The Morgan fingerprint density at radius 3 is 2.20 bits per heavy atom. The average Bonchev–Trinajstić information content (AvgIpc) is 2.60. The Morgan fingerprint density at radius 2 is 1.72 bits per heavy atom.